The minimum Gasteiger partial charge on any atom is -0.459 e. The van der Waals surface area contributed by atoms with Gasteiger partial charge in [-0.25, -0.2) is 0 Å². The second kappa shape index (κ2) is 7.44. The molecule has 11 atom stereocenters. The van der Waals surface area contributed by atoms with Crippen molar-refractivity contribution in [1.29, 1.82) is 0 Å². The lowest BCUT2D eigenvalue weighted by Gasteiger charge is -2.67. The fraction of sp³-hybridized carbons (Fsp3) is 0.929. The van der Waals surface area contributed by atoms with Crippen LogP contribution in [0.2, 0.25) is 0 Å². The number of hydrogen-bond donors (Lipinski definition) is 1. The van der Waals surface area contributed by atoms with Crippen LogP contribution in [0.3, 0.4) is 0 Å². The maximum absolute atomic E-state index is 12.3. The second-order valence-electron chi connectivity index (χ2n) is 13.5. The van der Waals surface area contributed by atoms with E-state index in [1.165, 1.54) is 26.2 Å². The monoisotopic (exact) mass is 474 g/mol. The van der Waals surface area contributed by atoms with E-state index in [0.717, 1.165) is 38.5 Å². The van der Waals surface area contributed by atoms with Crippen LogP contribution in [-0.4, -0.2) is 47.6 Å². The van der Waals surface area contributed by atoms with Crippen LogP contribution >= 0.6 is 0 Å². The van der Waals surface area contributed by atoms with E-state index in [1.54, 1.807) is 0 Å². The summed E-state index contributed by atoms with van der Waals surface area (Å²) < 4.78 is 18.4. The third-order valence-corrected chi connectivity index (χ3v) is 12.0. The summed E-state index contributed by atoms with van der Waals surface area (Å²) in [4.78, 5) is 24.5. The zero-order chi connectivity index (χ0) is 24.1. The first kappa shape index (κ1) is 23.3. The highest BCUT2D eigenvalue weighted by molar-refractivity contribution is 5.75. The van der Waals surface area contributed by atoms with Crippen molar-refractivity contribution in [3.05, 3.63) is 0 Å². The minimum atomic E-state index is -0.808. The summed E-state index contributed by atoms with van der Waals surface area (Å²) in [5.74, 6) is 1.43. The molecule has 0 radical (unpaired) electrons. The van der Waals surface area contributed by atoms with Crippen molar-refractivity contribution in [1.82, 2.24) is 0 Å². The highest BCUT2D eigenvalue weighted by Gasteiger charge is 2.70. The van der Waals surface area contributed by atoms with Gasteiger partial charge in [0.15, 0.2) is 5.60 Å². The highest BCUT2D eigenvalue weighted by atomic mass is 16.6. The lowest BCUT2D eigenvalue weighted by atomic mass is 9.38. The quantitative estimate of drug-likeness (QED) is 0.597. The standard InChI is InChI=1S/C28H42O6/c1-16(30)32-22-12-18-17(19-13-23-28(22,34-19)14-24(31)33-23)6-7-21-26(18,3)11-8-20-25(2,15-29)9-5-10-27(20,21)4/h17-23,29H,5-15H2,1-4H3. The predicted molar refractivity (Wildman–Crippen MR) is 125 cm³/mol. The lowest BCUT2D eigenvalue weighted by Crippen LogP contribution is -2.61. The molecule has 190 valence electrons. The Bertz CT molecular complexity index is 888. The lowest BCUT2D eigenvalue weighted by molar-refractivity contribution is -0.193. The number of carbonyl (C=O) groups is 2. The van der Waals surface area contributed by atoms with Crippen molar-refractivity contribution in [3.8, 4) is 0 Å². The summed E-state index contributed by atoms with van der Waals surface area (Å²) in [6.45, 7) is 9.10. The van der Waals surface area contributed by atoms with Gasteiger partial charge in [0.25, 0.3) is 0 Å². The van der Waals surface area contributed by atoms with Gasteiger partial charge in [0.05, 0.1) is 12.5 Å². The Kier molecular flexibility index (Phi) is 5.09. The van der Waals surface area contributed by atoms with Crippen LogP contribution in [0, 0.1) is 39.9 Å². The van der Waals surface area contributed by atoms with E-state index >= 15 is 0 Å². The molecule has 6 fully saturated rings. The summed E-state index contributed by atoms with van der Waals surface area (Å²) >= 11 is 0. The maximum atomic E-state index is 12.3. The zero-order valence-corrected chi connectivity index (χ0v) is 21.3. The predicted octanol–water partition coefficient (Wildman–Crippen LogP) is 4.41. The van der Waals surface area contributed by atoms with Gasteiger partial charge < -0.3 is 19.3 Å². The molecule has 3 heterocycles. The van der Waals surface area contributed by atoms with Crippen LogP contribution in [0.1, 0.15) is 91.9 Å². The van der Waals surface area contributed by atoms with Gasteiger partial charge in [0.1, 0.15) is 12.2 Å². The van der Waals surface area contributed by atoms with Crippen molar-refractivity contribution in [2.75, 3.05) is 6.61 Å². The number of carbonyl (C=O) groups excluding carboxylic acids is 2. The molecule has 6 nitrogen and oxygen atoms in total. The van der Waals surface area contributed by atoms with Crippen molar-refractivity contribution in [3.63, 3.8) is 0 Å². The second-order valence-corrected chi connectivity index (χ2v) is 13.5. The van der Waals surface area contributed by atoms with Gasteiger partial charge in [-0.05, 0) is 84.9 Å². The molecule has 6 rings (SSSR count). The Morgan fingerprint density at radius 3 is 2.59 bits per heavy atom. The Morgan fingerprint density at radius 2 is 1.85 bits per heavy atom. The van der Waals surface area contributed by atoms with Gasteiger partial charge in [0, 0.05) is 20.0 Å². The average Bonchev–Trinajstić information content (AvgIpc) is 3.21. The summed E-state index contributed by atoms with van der Waals surface area (Å²) in [6.07, 6.45) is 9.22. The summed E-state index contributed by atoms with van der Waals surface area (Å²) in [7, 11) is 0. The van der Waals surface area contributed by atoms with Crippen molar-refractivity contribution < 1.29 is 28.9 Å². The largest absolute Gasteiger partial charge is 0.459 e. The number of esters is 2. The van der Waals surface area contributed by atoms with Gasteiger partial charge in [-0.1, -0.05) is 27.2 Å². The van der Waals surface area contributed by atoms with Crippen LogP contribution in [0.5, 0.6) is 0 Å². The molecule has 2 bridgehead atoms. The summed E-state index contributed by atoms with van der Waals surface area (Å²) in [5, 5.41) is 10.4. The fourth-order valence-corrected chi connectivity index (χ4v) is 10.7. The van der Waals surface area contributed by atoms with Crippen LogP contribution in [0.25, 0.3) is 0 Å². The van der Waals surface area contributed by atoms with Gasteiger partial charge in [-0.3, -0.25) is 9.59 Å². The summed E-state index contributed by atoms with van der Waals surface area (Å²) in [5.41, 5.74) is -0.420. The molecular formula is C28H42O6. The van der Waals surface area contributed by atoms with Crippen LogP contribution < -0.4 is 0 Å². The molecule has 6 aliphatic rings. The average molecular weight is 475 g/mol. The minimum absolute atomic E-state index is 0.0187. The molecule has 1 spiro atoms. The molecule has 3 saturated heterocycles. The maximum Gasteiger partial charge on any atom is 0.309 e. The Labute approximate surface area is 203 Å². The van der Waals surface area contributed by atoms with Crippen molar-refractivity contribution in [2.24, 2.45) is 39.9 Å². The van der Waals surface area contributed by atoms with Crippen LogP contribution in [-0.2, 0) is 23.8 Å². The molecule has 3 aliphatic carbocycles. The number of ether oxygens (including phenoxy) is 3. The third-order valence-electron chi connectivity index (χ3n) is 12.0. The topological polar surface area (TPSA) is 82.1 Å². The van der Waals surface area contributed by atoms with Gasteiger partial charge >= 0.3 is 11.9 Å². The number of aliphatic hydroxyl groups is 1. The van der Waals surface area contributed by atoms with E-state index in [0.29, 0.717) is 23.7 Å². The first-order valence-electron chi connectivity index (χ1n) is 13.7. The fourth-order valence-electron chi connectivity index (χ4n) is 10.7. The smallest absolute Gasteiger partial charge is 0.309 e. The Balaban J connectivity index is 1.38. The van der Waals surface area contributed by atoms with Gasteiger partial charge in [-0.2, -0.15) is 0 Å². The van der Waals surface area contributed by atoms with Gasteiger partial charge in [-0.15, -0.1) is 0 Å². The number of rotatable bonds is 2. The SMILES string of the molecule is CC(=O)OC1CC2C(CCC3C2(C)CCC2C(C)(CO)CCCC23C)C2CC3OC(=O)CC13O2. The number of aliphatic hydroxyl groups excluding tert-OH is 1. The van der Waals surface area contributed by atoms with Crippen LogP contribution in [0.15, 0.2) is 0 Å². The molecule has 11 unspecified atom stereocenters. The number of hydrogen-bond acceptors (Lipinski definition) is 6. The highest BCUT2D eigenvalue weighted by Crippen LogP contribution is 2.71. The van der Waals surface area contributed by atoms with E-state index < -0.39 is 11.7 Å². The molecule has 3 aliphatic heterocycles. The number of fused-ring (bicyclic) bond motifs is 7. The van der Waals surface area contributed by atoms with E-state index in [2.05, 4.69) is 20.8 Å². The van der Waals surface area contributed by atoms with Crippen molar-refractivity contribution >= 4 is 11.9 Å². The Morgan fingerprint density at radius 1 is 1.06 bits per heavy atom. The summed E-state index contributed by atoms with van der Waals surface area (Å²) in [6, 6.07) is 0. The van der Waals surface area contributed by atoms with Crippen LogP contribution in [0.4, 0.5) is 0 Å². The van der Waals surface area contributed by atoms with E-state index in [9.17, 15) is 14.7 Å². The van der Waals surface area contributed by atoms with Gasteiger partial charge in [0.2, 0.25) is 0 Å². The normalized spacial score (nSPS) is 55.8. The molecule has 34 heavy (non-hydrogen) atoms. The first-order valence-corrected chi connectivity index (χ1v) is 13.7. The third kappa shape index (κ3) is 2.93. The van der Waals surface area contributed by atoms with Crippen molar-refractivity contribution in [2.45, 2.75) is 116 Å². The molecule has 1 N–H and O–H groups in total. The first-order chi connectivity index (χ1) is 16.1. The molecule has 0 aromatic heterocycles. The molecule has 0 aromatic rings. The Hall–Kier alpha value is -1.14. The van der Waals surface area contributed by atoms with E-state index in [4.69, 9.17) is 14.2 Å². The molecule has 0 aromatic carbocycles. The molecular weight excluding hydrogens is 432 g/mol. The zero-order valence-electron chi connectivity index (χ0n) is 21.3. The molecule has 6 heteroatoms. The molecule has 3 saturated carbocycles. The molecule has 0 amide bonds. The van der Waals surface area contributed by atoms with E-state index in [1.807, 2.05) is 0 Å². The van der Waals surface area contributed by atoms with E-state index in [-0.39, 0.29) is 53.4 Å².